The molecule has 2 N–H and O–H groups in total. The number of hydrogen-bond acceptors (Lipinski definition) is 8. The first-order chi connectivity index (χ1) is 21.0. The van der Waals surface area contributed by atoms with Gasteiger partial charge in [0.2, 0.25) is 11.8 Å². The number of rotatable bonds is 7. The zero-order valence-electron chi connectivity index (χ0n) is 25.8. The lowest BCUT2D eigenvalue weighted by molar-refractivity contribution is -0.140. The van der Waals surface area contributed by atoms with E-state index in [0.29, 0.717) is 61.1 Å². The predicted octanol–water partition coefficient (Wildman–Crippen LogP) is 3.51. The monoisotopic (exact) mass is 608 g/mol. The molecule has 0 unspecified atom stereocenters. The largest absolute Gasteiger partial charge is 0.455 e. The fraction of sp³-hybridized carbons (Fsp3) is 0.647. The van der Waals surface area contributed by atoms with Crippen molar-refractivity contribution in [3.05, 3.63) is 47.6 Å². The molecule has 0 saturated carbocycles. The van der Waals surface area contributed by atoms with Gasteiger partial charge in [0.1, 0.15) is 24.4 Å². The van der Waals surface area contributed by atoms with Crippen LogP contribution in [0.4, 0.5) is 0 Å². The standard InChI is InChI=1S/C34H44N2O8/c1-19-23-13-11-21(9-7-15-33(3)27(43-33)25(23)41-31(19)39)29(37)35-17-5-6-18-36-30(38)22-10-8-16-34(4)28(44-34)26-24(14-12-22)20(2)32(40)42-26/h9-10,23-28H,1-2,5-8,11-18H2,3-4H3,(H,35,37)(H,36,38)/b21-9+,22-10+/t23-,24-,25-,26-,27-,28-,33+,34+/m0/s1. The number of epoxide rings is 2. The maximum Gasteiger partial charge on any atom is 0.334 e. The van der Waals surface area contributed by atoms with Crippen molar-refractivity contribution in [2.24, 2.45) is 11.8 Å². The number of allylic oxidation sites excluding steroid dienone is 2. The zero-order valence-corrected chi connectivity index (χ0v) is 25.8. The van der Waals surface area contributed by atoms with Gasteiger partial charge in [0, 0.05) is 47.2 Å². The zero-order chi connectivity index (χ0) is 31.2. The number of fused-ring (bicyclic) bond motifs is 6. The summed E-state index contributed by atoms with van der Waals surface area (Å²) in [5.41, 5.74) is 1.68. The van der Waals surface area contributed by atoms with Crippen molar-refractivity contribution in [3.8, 4) is 0 Å². The molecule has 4 saturated heterocycles. The quantitative estimate of drug-likeness (QED) is 0.194. The second-order valence-corrected chi connectivity index (χ2v) is 13.5. The van der Waals surface area contributed by atoms with Crippen LogP contribution in [0.2, 0.25) is 0 Å². The first kappa shape index (κ1) is 30.8. The average molecular weight is 609 g/mol. The van der Waals surface area contributed by atoms with E-state index in [0.717, 1.165) is 38.5 Å². The van der Waals surface area contributed by atoms with Crippen LogP contribution in [0.3, 0.4) is 0 Å². The van der Waals surface area contributed by atoms with E-state index in [2.05, 4.69) is 23.8 Å². The number of esters is 2. The average Bonchev–Trinajstić information content (AvgIpc) is 3.80. The maximum absolute atomic E-state index is 13.0. The summed E-state index contributed by atoms with van der Waals surface area (Å²) in [6.07, 6.45) is 9.80. The molecule has 2 aliphatic carbocycles. The van der Waals surface area contributed by atoms with Crippen molar-refractivity contribution < 1.29 is 38.1 Å². The van der Waals surface area contributed by atoms with E-state index >= 15 is 0 Å². The molecule has 4 aliphatic heterocycles. The summed E-state index contributed by atoms with van der Waals surface area (Å²) >= 11 is 0. The molecule has 238 valence electrons. The fourth-order valence-electron chi connectivity index (χ4n) is 7.41. The summed E-state index contributed by atoms with van der Waals surface area (Å²) < 4.78 is 23.1. The van der Waals surface area contributed by atoms with Gasteiger partial charge in [0.25, 0.3) is 0 Å². The third-order valence-corrected chi connectivity index (χ3v) is 10.4. The van der Waals surface area contributed by atoms with E-state index in [1.165, 1.54) is 0 Å². The minimum Gasteiger partial charge on any atom is -0.455 e. The van der Waals surface area contributed by atoms with Crippen LogP contribution in [0.25, 0.3) is 0 Å². The number of hydrogen-bond donors (Lipinski definition) is 2. The van der Waals surface area contributed by atoms with Crippen LogP contribution >= 0.6 is 0 Å². The van der Waals surface area contributed by atoms with Gasteiger partial charge in [-0.05, 0) is 78.1 Å². The lowest BCUT2D eigenvalue weighted by Gasteiger charge is -2.20. The maximum atomic E-state index is 13.0. The van der Waals surface area contributed by atoms with Gasteiger partial charge in [0.05, 0.1) is 11.2 Å². The smallest absolute Gasteiger partial charge is 0.334 e. The van der Waals surface area contributed by atoms with Crippen molar-refractivity contribution in [3.63, 3.8) is 0 Å². The Balaban J connectivity index is 0.945. The van der Waals surface area contributed by atoms with Gasteiger partial charge < -0.3 is 29.6 Å². The Morgan fingerprint density at radius 2 is 1.18 bits per heavy atom. The fourth-order valence-corrected chi connectivity index (χ4v) is 7.41. The van der Waals surface area contributed by atoms with Crippen molar-refractivity contribution >= 4 is 23.8 Å². The summed E-state index contributed by atoms with van der Waals surface area (Å²) in [6.45, 7) is 12.9. The van der Waals surface area contributed by atoms with Gasteiger partial charge in [-0.15, -0.1) is 0 Å². The first-order valence-electron chi connectivity index (χ1n) is 16.1. The minimum absolute atomic E-state index is 0.100. The SMILES string of the molecule is C=C1C(=O)O[C@H]2[C@H]1CC/C(C(=O)NCCCCNC(=O)/C1=C/CC[C@@]3(C)O[C@H]3[C@H]3OC(=O)C(=C)[C@@H]3CC1)=C\CC[C@@]1(C)O[C@@H]21. The van der Waals surface area contributed by atoms with E-state index in [1.54, 1.807) is 0 Å². The first-order valence-corrected chi connectivity index (χ1v) is 16.1. The van der Waals surface area contributed by atoms with E-state index in [1.807, 2.05) is 26.0 Å². The molecule has 4 fully saturated rings. The van der Waals surface area contributed by atoms with Crippen molar-refractivity contribution in [2.45, 2.75) is 114 Å². The van der Waals surface area contributed by atoms with Gasteiger partial charge in [-0.3, -0.25) is 9.59 Å². The van der Waals surface area contributed by atoms with Gasteiger partial charge in [0.15, 0.2) is 0 Å². The highest BCUT2D eigenvalue weighted by Gasteiger charge is 2.62. The number of nitrogens with one attached hydrogen (secondary N) is 2. The number of carbonyl (C=O) groups is 4. The number of carbonyl (C=O) groups excluding carboxylic acids is 4. The van der Waals surface area contributed by atoms with Crippen LogP contribution in [0.1, 0.15) is 78.1 Å². The highest BCUT2D eigenvalue weighted by Crippen LogP contribution is 2.51. The van der Waals surface area contributed by atoms with Gasteiger partial charge >= 0.3 is 11.9 Å². The number of unbranched alkanes of at least 4 members (excludes halogenated alkanes) is 1. The van der Waals surface area contributed by atoms with Crippen LogP contribution < -0.4 is 10.6 Å². The Morgan fingerprint density at radius 3 is 1.59 bits per heavy atom. The molecule has 44 heavy (non-hydrogen) atoms. The molecule has 0 spiro atoms. The Labute approximate surface area is 258 Å². The molecule has 0 aromatic heterocycles. The predicted molar refractivity (Wildman–Crippen MR) is 160 cm³/mol. The van der Waals surface area contributed by atoms with E-state index in [4.69, 9.17) is 18.9 Å². The summed E-state index contributed by atoms with van der Waals surface area (Å²) in [6, 6.07) is 0. The topological polar surface area (TPSA) is 136 Å². The lowest BCUT2D eigenvalue weighted by Crippen LogP contribution is -2.31. The van der Waals surface area contributed by atoms with Crippen LogP contribution in [0.15, 0.2) is 47.6 Å². The summed E-state index contributed by atoms with van der Waals surface area (Å²) in [5, 5.41) is 6.05. The molecule has 0 aromatic rings. The molecule has 0 bridgehead atoms. The highest BCUT2D eigenvalue weighted by atomic mass is 16.7. The van der Waals surface area contributed by atoms with Crippen LogP contribution in [0.5, 0.6) is 0 Å². The second kappa shape index (κ2) is 11.9. The second-order valence-electron chi connectivity index (χ2n) is 13.5. The molecular formula is C34H44N2O8. The van der Waals surface area contributed by atoms with E-state index in [-0.39, 0.29) is 71.2 Å². The number of amides is 2. The molecule has 4 heterocycles. The third-order valence-electron chi connectivity index (χ3n) is 10.4. The molecule has 0 radical (unpaired) electrons. The third kappa shape index (κ3) is 6.03. The summed E-state index contributed by atoms with van der Waals surface area (Å²) in [5.74, 6) is -1.23. The molecule has 2 amide bonds. The van der Waals surface area contributed by atoms with Crippen molar-refractivity contribution in [2.75, 3.05) is 13.1 Å². The van der Waals surface area contributed by atoms with Crippen LogP contribution in [-0.2, 0) is 38.1 Å². The van der Waals surface area contributed by atoms with E-state index in [9.17, 15) is 19.2 Å². The van der Waals surface area contributed by atoms with Gasteiger partial charge in [-0.2, -0.15) is 0 Å². The minimum atomic E-state index is -0.365. The summed E-state index contributed by atoms with van der Waals surface area (Å²) in [7, 11) is 0. The summed E-state index contributed by atoms with van der Waals surface area (Å²) in [4.78, 5) is 50.5. The van der Waals surface area contributed by atoms with Crippen molar-refractivity contribution in [1.29, 1.82) is 0 Å². The van der Waals surface area contributed by atoms with Gasteiger partial charge in [-0.1, -0.05) is 25.3 Å². The van der Waals surface area contributed by atoms with Crippen LogP contribution in [0, 0.1) is 11.8 Å². The number of ether oxygens (including phenoxy) is 4. The Kier molecular flexibility index (Phi) is 8.34. The molecular weight excluding hydrogens is 564 g/mol. The van der Waals surface area contributed by atoms with E-state index < -0.39 is 0 Å². The normalized spacial score (nSPS) is 40.3. The van der Waals surface area contributed by atoms with Crippen LogP contribution in [-0.4, -0.2) is 72.5 Å². The Morgan fingerprint density at radius 1 is 0.773 bits per heavy atom. The molecule has 6 rings (SSSR count). The van der Waals surface area contributed by atoms with Gasteiger partial charge in [-0.25, -0.2) is 9.59 Å². The lowest BCUT2D eigenvalue weighted by atomic mass is 9.83. The van der Waals surface area contributed by atoms with Crippen molar-refractivity contribution in [1.82, 2.24) is 10.6 Å². The molecule has 0 aromatic carbocycles. The molecule has 6 aliphatic rings. The molecule has 10 nitrogen and oxygen atoms in total. The molecule has 8 atom stereocenters. The Bertz CT molecular complexity index is 1230. The molecule has 10 heteroatoms. The highest BCUT2D eigenvalue weighted by molar-refractivity contribution is 5.94. The Hall–Kier alpha value is -3.24.